The molecule has 2 N–H and O–H groups in total. The van der Waals surface area contributed by atoms with E-state index in [0.717, 1.165) is 38.0 Å². The first-order valence-electron chi connectivity index (χ1n) is 7.79. The van der Waals surface area contributed by atoms with E-state index in [2.05, 4.69) is 0 Å². The number of rotatable bonds is 11. The molecule has 5 nitrogen and oxygen atoms in total. The van der Waals surface area contributed by atoms with Crippen LogP contribution in [-0.4, -0.2) is 26.9 Å². The van der Waals surface area contributed by atoms with Gasteiger partial charge in [0, 0.05) is 0 Å². The van der Waals surface area contributed by atoms with Gasteiger partial charge in [0.05, 0.1) is 24.7 Å². The summed E-state index contributed by atoms with van der Waals surface area (Å²) in [6.07, 6.45) is 14.6. The lowest BCUT2D eigenvalue weighted by molar-refractivity contribution is 0.212. The fraction of sp³-hybridized carbons (Fsp3) is 0.625. The summed E-state index contributed by atoms with van der Waals surface area (Å²) < 4.78 is 33.2. The van der Waals surface area contributed by atoms with E-state index in [1.54, 1.807) is 24.5 Å². The fourth-order valence-corrected chi connectivity index (χ4v) is 2.77. The Hall–Kier alpha value is -1.27. The van der Waals surface area contributed by atoms with Crippen LogP contribution in [0.25, 0.3) is 0 Å². The van der Waals surface area contributed by atoms with Gasteiger partial charge in [0.25, 0.3) is 0 Å². The van der Waals surface area contributed by atoms with E-state index in [-0.39, 0.29) is 0 Å². The van der Waals surface area contributed by atoms with Crippen LogP contribution in [0, 0.1) is 0 Å². The third-order valence-corrected chi connectivity index (χ3v) is 4.55. The molecule has 0 aromatic rings. The number of hydrogen-bond acceptors (Lipinski definition) is 4. The smallest absolute Gasteiger partial charge is 0.215 e. The van der Waals surface area contributed by atoms with Gasteiger partial charge in [-0.25, -0.2) is 13.6 Å². The maximum atomic E-state index is 11.2. The Bertz CT molecular complexity index is 494. The lowest BCUT2D eigenvalue weighted by Crippen LogP contribution is -2.27. The van der Waals surface area contributed by atoms with Crippen molar-refractivity contribution in [2.45, 2.75) is 50.7 Å². The van der Waals surface area contributed by atoms with Crippen molar-refractivity contribution in [3.8, 4) is 0 Å². The predicted molar refractivity (Wildman–Crippen MR) is 88.5 cm³/mol. The Labute approximate surface area is 133 Å². The zero-order chi connectivity index (χ0) is 16.3. The largest absolute Gasteiger partial charge is 0.502 e. The molecule has 0 aromatic carbocycles. The normalized spacial score (nSPS) is 18.5. The molecule has 1 aliphatic carbocycles. The average molecular weight is 329 g/mol. The Morgan fingerprint density at radius 3 is 2.50 bits per heavy atom. The van der Waals surface area contributed by atoms with Crippen molar-refractivity contribution in [1.82, 2.24) is 0 Å². The highest BCUT2D eigenvalue weighted by atomic mass is 32.2. The van der Waals surface area contributed by atoms with Crippen LogP contribution in [0.15, 0.2) is 36.3 Å². The van der Waals surface area contributed by atoms with Crippen LogP contribution in [0.1, 0.15) is 45.4 Å². The molecule has 0 saturated carbocycles. The summed E-state index contributed by atoms with van der Waals surface area (Å²) in [5.74, 6) is 0.736. The number of ether oxygens (including phenoxy) is 2. The second-order valence-electron chi connectivity index (χ2n) is 5.29. The van der Waals surface area contributed by atoms with Gasteiger partial charge in [0.1, 0.15) is 5.76 Å². The maximum Gasteiger partial charge on any atom is 0.215 e. The standard InChI is InChI=1S/C16H27NO4S/c1-2-12-20-13-6-4-3-5-7-14-21-15-8-10-16(11-9-15)22(17,18)19/h2,8-10,12,16H,3-7,11,13-14H2,1H3,(H2,17,18,19)/b12-2+. The van der Waals surface area contributed by atoms with Gasteiger partial charge in [-0.15, -0.1) is 0 Å². The van der Waals surface area contributed by atoms with Crippen molar-refractivity contribution in [1.29, 1.82) is 0 Å². The van der Waals surface area contributed by atoms with Crippen molar-refractivity contribution in [2.24, 2.45) is 5.14 Å². The Kier molecular flexibility index (Phi) is 8.92. The van der Waals surface area contributed by atoms with Gasteiger partial charge in [-0.3, -0.25) is 0 Å². The van der Waals surface area contributed by atoms with Crippen LogP contribution in [0.4, 0.5) is 0 Å². The molecule has 0 spiro atoms. The van der Waals surface area contributed by atoms with E-state index < -0.39 is 15.3 Å². The lowest BCUT2D eigenvalue weighted by atomic mass is 10.1. The number of primary sulfonamides is 1. The zero-order valence-electron chi connectivity index (χ0n) is 13.2. The molecule has 1 unspecified atom stereocenters. The van der Waals surface area contributed by atoms with Crippen LogP contribution >= 0.6 is 0 Å². The SMILES string of the molecule is C/C=C/OCCCCCCCOC1=CCC(S(N)(=O)=O)C=C1. The van der Waals surface area contributed by atoms with Crippen molar-refractivity contribution < 1.29 is 17.9 Å². The van der Waals surface area contributed by atoms with Crippen molar-refractivity contribution in [3.63, 3.8) is 0 Å². The van der Waals surface area contributed by atoms with Crippen LogP contribution in [0.3, 0.4) is 0 Å². The number of hydrogen-bond donors (Lipinski definition) is 1. The third kappa shape index (κ3) is 8.24. The molecule has 1 aliphatic rings. The molecule has 0 amide bonds. The monoisotopic (exact) mass is 329 g/mol. The topological polar surface area (TPSA) is 78.6 Å². The Morgan fingerprint density at radius 2 is 1.91 bits per heavy atom. The van der Waals surface area contributed by atoms with Crippen LogP contribution in [0.2, 0.25) is 0 Å². The Balaban J connectivity index is 2.00. The van der Waals surface area contributed by atoms with E-state index in [1.807, 2.05) is 13.0 Å². The quantitative estimate of drug-likeness (QED) is 0.467. The van der Waals surface area contributed by atoms with Gasteiger partial charge in [-0.2, -0.15) is 0 Å². The highest BCUT2D eigenvalue weighted by Crippen LogP contribution is 2.16. The number of allylic oxidation sites excluding steroid dienone is 3. The summed E-state index contributed by atoms with van der Waals surface area (Å²) in [6, 6.07) is 0. The van der Waals surface area contributed by atoms with Gasteiger partial charge < -0.3 is 9.47 Å². The summed E-state index contributed by atoms with van der Waals surface area (Å²) in [5.41, 5.74) is 0. The zero-order valence-corrected chi connectivity index (χ0v) is 14.1. The molecule has 1 rings (SSSR count). The van der Waals surface area contributed by atoms with Gasteiger partial charge >= 0.3 is 0 Å². The highest BCUT2D eigenvalue weighted by Gasteiger charge is 2.19. The minimum Gasteiger partial charge on any atom is -0.502 e. The molecular weight excluding hydrogens is 302 g/mol. The Morgan fingerprint density at radius 1 is 1.23 bits per heavy atom. The first-order chi connectivity index (χ1) is 10.5. The molecule has 6 heteroatoms. The number of unbranched alkanes of at least 4 members (excludes halogenated alkanes) is 4. The van der Waals surface area contributed by atoms with E-state index in [0.29, 0.717) is 13.0 Å². The van der Waals surface area contributed by atoms with Crippen LogP contribution < -0.4 is 5.14 Å². The van der Waals surface area contributed by atoms with Crippen LogP contribution in [0.5, 0.6) is 0 Å². The summed E-state index contributed by atoms with van der Waals surface area (Å²) in [4.78, 5) is 0. The van der Waals surface area contributed by atoms with E-state index >= 15 is 0 Å². The summed E-state index contributed by atoms with van der Waals surface area (Å²) in [6.45, 7) is 3.38. The summed E-state index contributed by atoms with van der Waals surface area (Å²) in [7, 11) is -3.49. The first kappa shape index (κ1) is 18.8. The first-order valence-corrected chi connectivity index (χ1v) is 9.40. The van der Waals surface area contributed by atoms with E-state index in [9.17, 15) is 8.42 Å². The minimum atomic E-state index is -3.49. The van der Waals surface area contributed by atoms with Crippen LogP contribution in [-0.2, 0) is 19.5 Å². The molecule has 22 heavy (non-hydrogen) atoms. The predicted octanol–water partition coefficient (Wildman–Crippen LogP) is 3.00. The van der Waals surface area contributed by atoms with Crippen molar-refractivity contribution in [3.05, 3.63) is 36.3 Å². The molecule has 1 atom stereocenters. The molecule has 0 radical (unpaired) electrons. The minimum absolute atomic E-state index is 0.386. The third-order valence-electron chi connectivity index (χ3n) is 3.36. The van der Waals surface area contributed by atoms with Gasteiger partial charge in [0.2, 0.25) is 10.0 Å². The number of sulfonamides is 1. The van der Waals surface area contributed by atoms with Gasteiger partial charge in [-0.1, -0.05) is 31.4 Å². The summed E-state index contributed by atoms with van der Waals surface area (Å²) >= 11 is 0. The molecule has 126 valence electrons. The maximum absolute atomic E-state index is 11.2. The van der Waals surface area contributed by atoms with Gasteiger partial charge in [0.15, 0.2) is 0 Å². The van der Waals surface area contributed by atoms with Crippen molar-refractivity contribution in [2.75, 3.05) is 13.2 Å². The highest BCUT2D eigenvalue weighted by molar-refractivity contribution is 7.89. The molecular formula is C16H27NO4S. The fourth-order valence-electron chi connectivity index (χ4n) is 2.10. The molecule has 0 aliphatic heterocycles. The van der Waals surface area contributed by atoms with Crippen molar-refractivity contribution >= 4 is 10.0 Å². The second kappa shape index (κ2) is 10.5. The molecule has 0 saturated heterocycles. The molecule has 0 aromatic heterocycles. The van der Waals surface area contributed by atoms with E-state index in [4.69, 9.17) is 14.6 Å². The van der Waals surface area contributed by atoms with Gasteiger partial charge in [-0.05, 0) is 38.3 Å². The molecule has 0 fully saturated rings. The molecule has 0 bridgehead atoms. The summed E-state index contributed by atoms with van der Waals surface area (Å²) in [5, 5.41) is 4.48. The van der Waals surface area contributed by atoms with E-state index in [1.165, 1.54) is 6.42 Å². The second-order valence-corrected chi connectivity index (χ2v) is 7.07. The lowest BCUT2D eigenvalue weighted by Gasteiger charge is -2.15. The number of nitrogens with two attached hydrogens (primary N) is 1. The molecule has 0 heterocycles. The average Bonchev–Trinajstić information content (AvgIpc) is 2.49.